The number of rotatable bonds is 7. The van der Waals surface area contributed by atoms with Crippen LogP contribution in [0.4, 0.5) is 0 Å². The van der Waals surface area contributed by atoms with E-state index in [1.165, 1.54) is 37.1 Å². The molecule has 4 nitrogen and oxygen atoms in total. The van der Waals surface area contributed by atoms with E-state index >= 15 is 0 Å². The molecule has 3 aromatic rings. The summed E-state index contributed by atoms with van der Waals surface area (Å²) < 4.78 is 18.1. The zero-order valence-corrected chi connectivity index (χ0v) is 21.6. The van der Waals surface area contributed by atoms with E-state index in [2.05, 4.69) is 73.3 Å². The first kappa shape index (κ1) is 25.2. The molecule has 2 aliphatic heterocycles. The Morgan fingerprint density at radius 1 is 0.857 bits per heavy atom. The monoisotopic (exact) mass is 491 g/mol. The Kier molecular flexibility index (Phi) is 7.73. The standard InChI is InChI=1S/C30H33NO3.ClH/c1-30(2)29(23-9-5-4-6-10-23)28(26-16-15-25(32-3)21-27(26)34-30)22-11-13-24(14-12-22)33-20-19-31-17-7-8-18-31;/h4-6,9-16,21H,7-8,17-20H2,1-3H3;1H. The molecule has 3 aromatic carbocycles. The van der Waals surface area contributed by atoms with Gasteiger partial charge in [0.1, 0.15) is 29.5 Å². The third kappa shape index (κ3) is 5.34. The highest BCUT2D eigenvalue weighted by Crippen LogP contribution is 2.49. The number of benzene rings is 3. The van der Waals surface area contributed by atoms with Crippen molar-refractivity contribution in [2.75, 3.05) is 33.4 Å². The predicted molar refractivity (Wildman–Crippen MR) is 145 cm³/mol. The minimum absolute atomic E-state index is 0. The lowest BCUT2D eigenvalue weighted by Crippen LogP contribution is -2.34. The van der Waals surface area contributed by atoms with Crippen molar-refractivity contribution < 1.29 is 14.2 Å². The van der Waals surface area contributed by atoms with Crippen molar-refractivity contribution in [3.05, 3.63) is 89.5 Å². The Balaban J connectivity index is 0.00000289. The summed E-state index contributed by atoms with van der Waals surface area (Å²) in [6.07, 6.45) is 2.61. The van der Waals surface area contributed by atoms with Gasteiger partial charge in [-0.2, -0.15) is 0 Å². The molecule has 2 aliphatic rings. The Hall–Kier alpha value is -2.95. The SMILES string of the molecule is COc1ccc2c(c1)OC(C)(C)C(c1ccccc1)=C2c1ccc(OCCN2CCCC2)cc1.Cl. The van der Waals surface area contributed by atoms with Crippen LogP contribution in [0.25, 0.3) is 11.1 Å². The molecule has 0 unspecified atom stereocenters. The van der Waals surface area contributed by atoms with Crippen LogP contribution in [0.5, 0.6) is 17.2 Å². The van der Waals surface area contributed by atoms with E-state index in [0.717, 1.165) is 47.1 Å². The number of hydrogen-bond donors (Lipinski definition) is 0. The number of halogens is 1. The molecule has 0 amide bonds. The van der Waals surface area contributed by atoms with Crippen LogP contribution in [0.15, 0.2) is 72.8 Å². The number of likely N-dealkylation sites (tertiary alicyclic amines) is 1. The van der Waals surface area contributed by atoms with E-state index in [1.54, 1.807) is 7.11 Å². The molecular formula is C30H34ClNO3. The Labute approximate surface area is 214 Å². The quantitative estimate of drug-likeness (QED) is 0.367. The van der Waals surface area contributed by atoms with E-state index < -0.39 is 5.60 Å². The smallest absolute Gasteiger partial charge is 0.132 e. The minimum Gasteiger partial charge on any atom is -0.497 e. The summed E-state index contributed by atoms with van der Waals surface area (Å²) in [5.74, 6) is 2.54. The highest BCUT2D eigenvalue weighted by atomic mass is 35.5. The van der Waals surface area contributed by atoms with Crippen LogP contribution in [0, 0.1) is 0 Å². The molecular weight excluding hydrogens is 458 g/mol. The second kappa shape index (κ2) is 10.8. The van der Waals surface area contributed by atoms with Crippen LogP contribution < -0.4 is 14.2 Å². The maximum atomic E-state index is 6.54. The molecule has 0 aliphatic carbocycles. The molecule has 0 spiro atoms. The van der Waals surface area contributed by atoms with E-state index in [4.69, 9.17) is 14.2 Å². The Morgan fingerprint density at radius 3 is 2.23 bits per heavy atom. The molecule has 0 saturated carbocycles. The van der Waals surface area contributed by atoms with Crippen LogP contribution >= 0.6 is 12.4 Å². The molecule has 5 heteroatoms. The molecule has 0 aromatic heterocycles. The summed E-state index contributed by atoms with van der Waals surface area (Å²) in [4.78, 5) is 2.47. The first-order valence-electron chi connectivity index (χ1n) is 12.2. The zero-order valence-electron chi connectivity index (χ0n) is 20.8. The maximum absolute atomic E-state index is 6.54. The summed E-state index contributed by atoms with van der Waals surface area (Å²) in [6, 6.07) is 25.1. The number of hydrogen-bond acceptors (Lipinski definition) is 4. The van der Waals surface area contributed by atoms with Crippen molar-refractivity contribution in [1.29, 1.82) is 0 Å². The molecule has 184 valence electrons. The fourth-order valence-electron chi connectivity index (χ4n) is 5.10. The van der Waals surface area contributed by atoms with Crippen molar-refractivity contribution in [2.45, 2.75) is 32.3 Å². The lowest BCUT2D eigenvalue weighted by Gasteiger charge is -2.38. The average molecular weight is 492 g/mol. The third-order valence-corrected chi connectivity index (χ3v) is 6.76. The van der Waals surface area contributed by atoms with E-state index in [9.17, 15) is 0 Å². The summed E-state index contributed by atoms with van der Waals surface area (Å²) in [6.45, 7) is 8.37. The third-order valence-electron chi connectivity index (χ3n) is 6.76. The summed E-state index contributed by atoms with van der Waals surface area (Å²) in [5.41, 5.74) is 5.23. The average Bonchev–Trinajstić information content (AvgIpc) is 3.37. The van der Waals surface area contributed by atoms with Crippen LogP contribution in [0.3, 0.4) is 0 Å². The van der Waals surface area contributed by atoms with Gasteiger partial charge in [0.25, 0.3) is 0 Å². The van der Waals surface area contributed by atoms with Gasteiger partial charge in [0, 0.05) is 29.3 Å². The van der Waals surface area contributed by atoms with E-state index in [-0.39, 0.29) is 12.4 Å². The number of ether oxygens (including phenoxy) is 3. The zero-order chi connectivity index (χ0) is 23.5. The molecule has 5 rings (SSSR count). The van der Waals surface area contributed by atoms with Gasteiger partial charge in [-0.15, -0.1) is 12.4 Å². The van der Waals surface area contributed by atoms with Gasteiger partial charge >= 0.3 is 0 Å². The Morgan fingerprint density at radius 2 is 1.54 bits per heavy atom. The molecule has 0 atom stereocenters. The fourth-order valence-corrected chi connectivity index (χ4v) is 5.10. The van der Waals surface area contributed by atoms with E-state index in [0.29, 0.717) is 0 Å². The lowest BCUT2D eigenvalue weighted by molar-refractivity contribution is 0.168. The van der Waals surface area contributed by atoms with Gasteiger partial charge in [0.05, 0.1) is 7.11 Å². The molecule has 0 bridgehead atoms. The second-order valence-electron chi connectivity index (χ2n) is 9.51. The normalized spacial score (nSPS) is 16.8. The van der Waals surface area contributed by atoms with Crippen molar-refractivity contribution in [3.8, 4) is 17.2 Å². The summed E-state index contributed by atoms with van der Waals surface area (Å²) >= 11 is 0. The summed E-state index contributed by atoms with van der Waals surface area (Å²) in [5, 5.41) is 0. The van der Waals surface area contributed by atoms with Crippen LogP contribution in [0.1, 0.15) is 43.4 Å². The molecule has 1 saturated heterocycles. The van der Waals surface area contributed by atoms with Gasteiger partial charge < -0.3 is 14.2 Å². The van der Waals surface area contributed by atoms with Crippen LogP contribution in [0.2, 0.25) is 0 Å². The van der Waals surface area contributed by atoms with Crippen LogP contribution in [-0.2, 0) is 0 Å². The van der Waals surface area contributed by atoms with Crippen LogP contribution in [-0.4, -0.2) is 43.9 Å². The molecule has 0 radical (unpaired) electrons. The maximum Gasteiger partial charge on any atom is 0.132 e. The van der Waals surface area contributed by atoms with Gasteiger partial charge in [-0.05, 0) is 75.2 Å². The van der Waals surface area contributed by atoms with Gasteiger partial charge in [0.15, 0.2) is 0 Å². The van der Waals surface area contributed by atoms with Crippen molar-refractivity contribution in [1.82, 2.24) is 4.90 Å². The van der Waals surface area contributed by atoms with Crippen molar-refractivity contribution >= 4 is 23.6 Å². The topological polar surface area (TPSA) is 30.9 Å². The highest BCUT2D eigenvalue weighted by molar-refractivity contribution is 6.04. The number of methoxy groups -OCH3 is 1. The molecule has 0 N–H and O–H groups in total. The van der Waals surface area contributed by atoms with Gasteiger partial charge in [0.2, 0.25) is 0 Å². The van der Waals surface area contributed by atoms with E-state index in [1.807, 2.05) is 18.2 Å². The lowest BCUT2D eigenvalue weighted by atomic mass is 9.79. The van der Waals surface area contributed by atoms with Gasteiger partial charge in [-0.25, -0.2) is 0 Å². The first-order valence-corrected chi connectivity index (χ1v) is 12.2. The minimum atomic E-state index is -0.513. The number of nitrogens with zero attached hydrogens (tertiary/aromatic N) is 1. The second-order valence-corrected chi connectivity index (χ2v) is 9.51. The largest absolute Gasteiger partial charge is 0.497 e. The van der Waals surface area contributed by atoms with Crippen molar-refractivity contribution in [2.24, 2.45) is 0 Å². The Bertz CT molecular complexity index is 1170. The molecule has 1 fully saturated rings. The first-order chi connectivity index (χ1) is 16.5. The summed E-state index contributed by atoms with van der Waals surface area (Å²) in [7, 11) is 1.68. The fraction of sp³-hybridized carbons (Fsp3) is 0.333. The van der Waals surface area contributed by atoms with Crippen molar-refractivity contribution in [3.63, 3.8) is 0 Å². The van der Waals surface area contributed by atoms with Gasteiger partial charge in [-0.1, -0.05) is 42.5 Å². The molecule has 35 heavy (non-hydrogen) atoms. The predicted octanol–water partition coefficient (Wildman–Crippen LogP) is 6.72. The number of fused-ring (bicyclic) bond motifs is 1. The van der Waals surface area contributed by atoms with Gasteiger partial charge in [-0.3, -0.25) is 4.90 Å². The molecule has 2 heterocycles. The highest BCUT2D eigenvalue weighted by Gasteiger charge is 2.36.